The van der Waals surface area contributed by atoms with E-state index in [9.17, 15) is 9.90 Å². The van der Waals surface area contributed by atoms with Crippen LogP contribution in [0.4, 0.5) is 0 Å². The van der Waals surface area contributed by atoms with E-state index in [1.54, 1.807) is 30.5 Å². The van der Waals surface area contributed by atoms with Crippen LogP contribution in [0.2, 0.25) is 0 Å². The summed E-state index contributed by atoms with van der Waals surface area (Å²) in [6.45, 7) is 0. The van der Waals surface area contributed by atoms with Crippen LogP contribution in [0, 0.1) is 0 Å². The molecule has 0 fully saturated rings. The maximum atomic E-state index is 11.7. The molecule has 82 valence electrons. The second-order valence-corrected chi connectivity index (χ2v) is 4.36. The maximum Gasteiger partial charge on any atom is 0.172 e. The zero-order valence-electron chi connectivity index (χ0n) is 8.54. The molecule has 0 bridgehead atoms. The molecule has 0 radical (unpaired) electrons. The fourth-order valence-electron chi connectivity index (χ4n) is 1.41. The summed E-state index contributed by atoms with van der Waals surface area (Å²) in [5.74, 6) is -0.221. The molecule has 1 atom stereocenters. The summed E-state index contributed by atoms with van der Waals surface area (Å²) in [4.78, 5) is 15.7. The zero-order chi connectivity index (χ0) is 11.4. The van der Waals surface area contributed by atoms with Crippen molar-refractivity contribution in [2.24, 2.45) is 0 Å². The van der Waals surface area contributed by atoms with E-state index in [0.717, 1.165) is 5.01 Å². The second kappa shape index (κ2) is 5.01. The lowest BCUT2D eigenvalue weighted by Gasteiger charge is -2.08. The van der Waals surface area contributed by atoms with Crippen LogP contribution >= 0.6 is 11.3 Å². The maximum absolute atomic E-state index is 11.7. The topological polar surface area (TPSA) is 50.2 Å². The fraction of sp³-hybridized carbons (Fsp3) is 0.167. The van der Waals surface area contributed by atoms with Crippen LogP contribution in [0.1, 0.15) is 16.7 Å². The highest BCUT2D eigenvalue weighted by Gasteiger charge is 2.17. The van der Waals surface area contributed by atoms with E-state index < -0.39 is 6.10 Å². The predicted molar refractivity (Wildman–Crippen MR) is 62.2 cm³/mol. The molecule has 0 spiro atoms. The van der Waals surface area contributed by atoms with Gasteiger partial charge in [-0.15, -0.1) is 11.3 Å². The monoisotopic (exact) mass is 233 g/mol. The summed E-state index contributed by atoms with van der Waals surface area (Å²) in [6, 6.07) is 8.93. The number of hydrogen-bond acceptors (Lipinski definition) is 4. The summed E-state index contributed by atoms with van der Waals surface area (Å²) in [5, 5.41) is 12.4. The molecule has 1 aromatic carbocycles. The van der Waals surface area contributed by atoms with E-state index >= 15 is 0 Å². The normalized spacial score (nSPS) is 12.3. The van der Waals surface area contributed by atoms with Crippen molar-refractivity contribution in [3.8, 4) is 0 Å². The molecule has 0 aliphatic carbocycles. The largest absolute Gasteiger partial charge is 0.381 e. The first kappa shape index (κ1) is 11.0. The van der Waals surface area contributed by atoms with Gasteiger partial charge in [0.2, 0.25) is 0 Å². The van der Waals surface area contributed by atoms with Crippen molar-refractivity contribution >= 4 is 17.1 Å². The lowest BCUT2D eigenvalue weighted by atomic mass is 10.0. The van der Waals surface area contributed by atoms with Crippen LogP contribution in [-0.2, 0) is 11.2 Å². The molecule has 0 saturated heterocycles. The van der Waals surface area contributed by atoms with Crippen LogP contribution in [0.15, 0.2) is 41.9 Å². The number of carbonyl (C=O) groups excluding carboxylic acids is 1. The van der Waals surface area contributed by atoms with Gasteiger partial charge in [-0.2, -0.15) is 0 Å². The highest BCUT2D eigenvalue weighted by atomic mass is 32.1. The molecule has 2 rings (SSSR count). The number of ketones is 1. The van der Waals surface area contributed by atoms with Gasteiger partial charge in [0.1, 0.15) is 6.10 Å². The van der Waals surface area contributed by atoms with E-state index in [1.165, 1.54) is 11.3 Å². The van der Waals surface area contributed by atoms with Gasteiger partial charge in [-0.25, -0.2) is 4.98 Å². The summed E-state index contributed by atoms with van der Waals surface area (Å²) in [6.07, 6.45) is 0.792. The highest BCUT2D eigenvalue weighted by molar-refractivity contribution is 7.09. The van der Waals surface area contributed by atoms with Crippen molar-refractivity contribution in [1.29, 1.82) is 0 Å². The third kappa shape index (κ3) is 2.53. The second-order valence-electron chi connectivity index (χ2n) is 3.38. The van der Waals surface area contributed by atoms with E-state index in [-0.39, 0.29) is 12.2 Å². The number of hydrogen-bond donors (Lipinski definition) is 1. The van der Waals surface area contributed by atoms with E-state index in [2.05, 4.69) is 4.98 Å². The van der Waals surface area contributed by atoms with Gasteiger partial charge < -0.3 is 5.11 Å². The first-order valence-electron chi connectivity index (χ1n) is 4.91. The first-order valence-corrected chi connectivity index (χ1v) is 5.79. The fourth-order valence-corrected chi connectivity index (χ4v) is 2.03. The summed E-state index contributed by atoms with van der Waals surface area (Å²) >= 11 is 1.42. The summed E-state index contributed by atoms with van der Waals surface area (Å²) in [7, 11) is 0. The standard InChI is InChI=1S/C12H11NO2S/c14-10(8-11-13-6-7-16-11)12(15)9-4-2-1-3-5-9/h1-7,12,15H,8H2. The average molecular weight is 233 g/mol. The lowest BCUT2D eigenvalue weighted by Crippen LogP contribution is -2.14. The molecule has 0 aliphatic heterocycles. The van der Waals surface area contributed by atoms with Gasteiger partial charge in [-0.3, -0.25) is 4.79 Å². The van der Waals surface area contributed by atoms with Crippen molar-refractivity contribution in [3.05, 3.63) is 52.5 Å². The van der Waals surface area contributed by atoms with Crippen LogP contribution in [0.3, 0.4) is 0 Å². The molecule has 0 saturated carbocycles. The van der Waals surface area contributed by atoms with E-state index in [1.807, 2.05) is 11.4 Å². The van der Waals surface area contributed by atoms with Crippen molar-refractivity contribution < 1.29 is 9.90 Å². The van der Waals surface area contributed by atoms with Crippen molar-refractivity contribution in [2.75, 3.05) is 0 Å². The molecule has 1 N–H and O–H groups in total. The smallest absolute Gasteiger partial charge is 0.172 e. The Morgan fingerprint density at radius 3 is 2.75 bits per heavy atom. The molecule has 16 heavy (non-hydrogen) atoms. The Hall–Kier alpha value is -1.52. The van der Waals surface area contributed by atoms with Gasteiger partial charge in [0, 0.05) is 11.6 Å². The molecule has 1 unspecified atom stereocenters. The van der Waals surface area contributed by atoms with Crippen LogP contribution in [0.25, 0.3) is 0 Å². The zero-order valence-corrected chi connectivity index (χ0v) is 9.35. The summed E-state index contributed by atoms with van der Waals surface area (Å²) < 4.78 is 0. The lowest BCUT2D eigenvalue weighted by molar-refractivity contribution is -0.126. The number of Topliss-reactive ketones (excluding diaryl/α,β-unsaturated/α-hetero) is 1. The number of aliphatic hydroxyl groups excluding tert-OH is 1. The van der Waals surface area contributed by atoms with Gasteiger partial charge in [0.15, 0.2) is 5.78 Å². The van der Waals surface area contributed by atoms with Crippen molar-refractivity contribution in [2.45, 2.75) is 12.5 Å². The first-order chi connectivity index (χ1) is 7.77. The van der Waals surface area contributed by atoms with E-state index in [4.69, 9.17) is 0 Å². The SMILES string of the molecule is O=C(Cc1nccs1)C(O)c1ccccc1. The number of thiazole rings is 1. The molecule has 3 nitrogen and oxygen atoms in total. The Bertz CT molecular complexity index is 453. The number of aliphatic hydroxyl groups is 1. The molecule has 1 heterocycles. The highest BCUT2D eigenvalue weighted by Crippen LogP contribution is 2.16. The van der Waals surface area contributed by atoms with Crippen LogP contribution < -0.4 is 0 Å². The molecule has 0 amide bonds. The van der Waals surface area contributed by atoms with Gasteiger partial charge in [-0.05, 0) is 5.56 Å². The molecule has 4 heteroatoms. The average Bonchev–Trinajstić information content (AvgIpc) is 2.82. The van der Waals surface area contributed by atoms with E-state index in [0.29, 0.717) is 5.56 Å². The number of nitrogens with zero attached hydrogens (tertiary/aromatic N) is 1. The van der Waals surface area contributed by atoms with Gasteiger partial charge >= 0.3 is 0 Å². The molecule has 0 aliphatic rings. The quantitative estimate of drug-likeness (QED) is 0.878. The number of benzene rings is 1. The third-order valence-electron chi connectivity index (χ3n) is 2.23. The minimum atomic E-state index is -1.05. The Labute approximate surface area is 97.4 Å². The van der Waals surface area contributed by atoms with Crippen LogP contribution in [0.5, 0.6) is 0 Å². The minimum Gasteiger partial charge on any atom is -0.381 e. The minimum absolute atomic E-state index is 0.188. The van der Waals surface area contributed by atoms with Crippen molar-refractivity contribution in [3.63, 3.8) is 0 Å². The van der Waals surface area contributed by atoms with Gasteiger partial charge in [0.25, 0.3) is 0 Å². The van der Waals surface area contributed by atoms with Gasteiger partial charge in [0.05, 0.1) is 11.4 Å². The van der Waals surface area contributed by atoms with Crippen LogP contribution in [-0.4, -0.2) is 15.9 Å². The Balaban J connectivity index is 2.05. The summed E-state index contributed by atoms with van der Waals surface area (Å²) in [5.41, 5.74) is 0.629. The van der Waals surface area contributed by atoms with Crippen molar-refractivity contribution in [1.82, 2.24) is 4.98 Å². The molecule has 1 aromatic heterocycles. The number of aromatic nitrogens is 1. The molecular formula is C12H11NO2S. The Morgan fingerprint density at radius 1 is 1.38 bits per heavy atom. The molecule has 2 aromatic rings. The Morgan fingerprint density at radius 2 is 2.12 bits per heavy atom. The van der Waals surface area contributed by atoms with Gasteiger partial charge in [-0.1, -0.05) is 30.3 Å². The molecular weight excluding hydrogens is 222 g/mol. The predicted octanol–water partition coefficient (Wildman–Crippen LogP) is 1.99. The number of rotatable bonds is 4. The number of carbonyl (C=O) groups is 1. The Kier molecular flexibility index (Phi) is 3.44. The third-order valence-corrected chi connectivity index (χ3v) is 3.01.